The van der Waals surface area contributed by atoms with Gasteiger partial charge in [0, 0.05) is 19.3 Å². The molecule has 1 atom stereocenters. The molecule has 6 heteroatoms. The third-order valence-electron chi connectivity index (χ3n) is 11.8. The maximum Gasteiger partial charge on any atom is 0.306 e. The van der Waals surface area contributed by atoms with E-state index in [2.05, 4.69) is 45.1 Å². The Morgan fingerprint density at radius 3 is 1.02 bits per heavy atom. The van der Waals surface area contributed by atoms with Gasteiger partial charge in [-0.15, -0.1) is 0 Å². The average Bonchev–Trinajstić information content (AvgIpc) is 3.30. The van der Waals surface area contributed by atoms with Crippen molar-refractivity contribution in [1.29, 1.82) is 0 Å². The summed E-state index contributed by atoms with van der Waals surface area (Å²) in [6, 6.07) is 0. The minimum absolute atomic E-state index is 0.0920. The van der Waals surface area contributed by atoms with E-state index in [-0.39, 0.29) is 37.5 Å². The minimum atomic E-state index is -0.797. The zero-order chi connectivity index (χ0) is 47.2. The van der Waals surface area contributed by atoms with Gasteiger partial charge in [-0.25, -0.2) is 0 Å². The fourth-order valence-electron chi connectivity index (χ4n) is 7.69. The molecule has 0 aromatic rings. The van der Waals surface area contributed by atoms with E-state index in [0.717, 1.165) is 64.2 Å². The largest absolute Gasteiger partial charge is 0.462 e. The molecule has 0 saturated heterocycles. The maximum atomic E-state index is 12.8. The molecule has 0 aliphatic carbocycles. The molecule has 374 valence electrons. The molecular formula is C59H102O6. The van der Waals surface area contributed by atoms with E-state index in [1.54, 1.807) is 0 Å². The van der Waals surface area contributed by atoms with Gasteiger partial charge in [0.25, 0.3) is 0 Å². The summed E-state index contributed by atoms with van der Waals surface area (Å²) in [5, 5.41) is 0. The van der Waals surface area contributed by atoms with E-state index in [1.165, 1.54) is 154 Å². The molecular weight excluding hydrogens is 805 g/mol. The van der Waals surface area contributed by atoms with Crippen molar-refractivity contribution in [3.05, 3.63) is 72.9 Å². The number of carbonyl (C=O) groups excluding carboxylic acids is 3. The second kappa shape index (κ2) is 53.5. The molecule has 0 fully saturated rings. The molecule has 0 aromatic carbocycles. The van der Waals surface area contributed by atoms with Crippen molar-refractivity contribution in [1.82, 2.24) is 0 Å². The predicted molar refractivity (Wildman–Crippen MR) is 279 cm³/mol. The summed E-state index contributed by atoms with van der Waals surface area (Å²) in [6.45, 7) is 6.46. The summed E-state index contributed by atoms with van der Waals surface area (Å²) in [7, 11) is 0. The van der Waals surface area contributed by atoms with Crippen LogP contribution < -0.4 is 0 Å². The quantitative estimate of drug-likeness (QED) is 0.0199. The Morgan fingerprint density at radius 2 is 0.615 bits per heavy atom. The molecule has 0 amide bonds. The van der Waals surface area contributed by atoms with E-state index < -0.39 is 6.10 Å². The first-order valence-electron chi connectivity index (χ1n) is 27.5. The fourth-order valence-corrected chi connectivity index (χ4v) is 7.69. The monoisotopic (exact) mass is 907 g/mol. The number of unbranched alkanes of at least 4 members (excludes halogenated alkanes) is 30. The van der Waals surface area contributed by atoms with Crippen LogP contribution in [0, 0.1) is 0 Å². The van der Waals surface area contributed by atoms with Crippen LogP contribution in [0.25, 0.3) is 0 Å². The van der Waals surface area contributed by atoms with Gasteiger partial charge in [-0.1, -0.05) is 254 Å². The van der Waals surface area contributed by atoms with Gasteiger partial charge in [0.2, 0.25) is 0 Å². The predicted octanol–water partition coefficient (Wildman–Crippen LogP) is 18.2. The summed E-state index contributed by atoms with van der Waals surface area (Å²) < 4.78 is 16.8. The molecule has 0 aliphatic heterocycles. The molecule has 0 radical (unpaired) electrons. The van der Waals surface area contributed by atoms with Gasteiger partial charge in [-0.2, -0.15) is 0 Å². The Balaban J connectivity index is 4.43. The highest BCUT2D eigenvalue weighted by atomic mass is 16.6. The van der Waals surface area contributed by atoms with Crippen LogP contribution in [-0.2, 0) is 28.6 Å². The Bertz CT molecular complexity index is 1230. The molecule has 0 heterocycles. The number of allylic oxidation sites excluding steroid dienone is 12. The number of ether oxygens (including phenoxy) is 3. The lowest BCUT2D eigenvalue weighted by molar-refractivity contribution is -0.167. The normalized spacial score (nSPS) is 12.6. The fraction of sp³-hybridized carbons (Fsp3) is 0.746. The van der Waals surface area contributed by atoms with E-state index >= 15 is 0 Å². The summed E-state index contributed by atoms with van der Waals surface area (Å²) >= 11 is 0. The van der Waals surface area contributed by atoms with Gasteiger partial charge < -0.3 is 14.2 Å². The van der Waals surface area contributed by atoms with Crippen molar-refractivity contribution >= 4 is 17.9 Å². The van der Waals surface area contributed by atoms with Crippen LogP contribution in [0.3, 0.4) is 0 Å². The Kier molecular flexibility index (Phi) is 50.9. The zero-order valence-corrected chi connectivity index (χ0v) is 42.7. The molecule has 0 spiro atoms. The third-order valence-corrected chi connectivity index (χ3v) is 11.8. The second-order valence-electron chi connectivity index (χ2n) is 18.2. The van der Waals surface area contributed by atoms with Gasteiger partial charge in [0.15, 0.2) is 6.10 Å². The highest BCUT2D eigenvalue weighted by molar-refractivity contribution is 5.71. The van der Waals surface area contributed by atoms with Gasteiger partial charge in [-0.05, 0) is 64.2 Å². The summed E-state index contributed by atoms with van der Waals surface area (Å²) in [5.41, 5.74) is 0. The second-order valence-corrected chi connectivity index (χ2v) is 18.2. The number of hydrogen-bond donors (Lipinski definition) is 0. The lowest BCUT2D eigenvalue weighted by Crippen LogP contribution is -2.30. The van der Waals surface area contributed by atoms with Crippen molar-refractivity contribution in [2.24, 2.45) is 0 Å². The maximum absolute atomic E-state index is 12.8. The molecule has 65 heavy (non-hydrogen) atoms. The lowest BCUT2D eigenvalue weighted by atomic mass is 10.0. The van der Waals surface area contributed by atoms with Crippen LogP contribution in [0.15, 0.2) is 72.9 Å². The number of rotatable bonds is 49. The third kappa shape index (κ3) is 51.7. The van der Waals surface area contributed by atoms with Gasteiger partial charge in [0.05, 0.1) is 0 Å². The van der Waals surface area contributed by atoms with E-state index in [1.807, 2.05) is 48.6 Å². The topological polar surface area (TPSA) is 78.9 Å². The van der Waals surface area contributed by atoms with Gasteiger partial charge in [0.1, 0.15) is 13.2 Å². The molecule has 0 rings (SSSR count). The highest BCUT2D eigenvalue weighted by Gasteiger charge is 2.19. The Morgan fingerprint density at radius 1 is 0.323 bits per heavy atom. The standard InChI is InChI=1S/C59H102O6/c1-4-7-10-13-16-19-22-25-28-29-32-34-37-40-43-46-49-52-58(61)64-55-56(65-59(62)53-50-47-44-41-38-35-31-27-24-21-18-15-12-9-6-3)54-63-57(60)51-48-45-42-39-36-33-30-26-23-20-17-14-11-8-5-2/h9,12,15,18,20-21,23-24,27,31,35,38,56H,4-8,10-11,13-14,16-17,19,22,25-26,28-30,32-34,36-37,39-55H2,1-3H3/b12-9-,18-15-,23-20-,24-21-,31-27-,38-35-. The zero-order valence-electron chi connectivity index (χ0n) is 42.7. The van der Waals surface area contributed by atoms with Crippen LogP contribution in [0.2, 0.25) is 0 Å². The van der Waals surface area contributed by atoms with Crippen molar-refractivity contribution in [2.45, 2.75) is 271 Å². The molecule has 6 nitrogen and oxygen atoms in total. The molecule has 0 aromatic heterocycles. The van der Waals surface area contributed by atoms with E-state index in [9.17, 15) is 14.4 Å². The Labute approximate surface area is 402 Å². The van der Waals surface area contributed by atoms with Crippen molar-refractivity contribution in [3.8, 4) is 0 Å². The Hall–Kier alpha value is -3.15. The average molecular weight is 907 g/mol. The van der Waals surface area contributed by atoms with E-state index in [0.29, 0.717) is 19.3 Å². The van der Waals surface area contributed by atoms with E-state index in [4.69, 9.17) is 14.2 Å². The van der Waals surface area contributed by atoms with Gasteiger partial charge >= 0.3 is 17.9 Å². The first-order valence-corrected chi connectivity index (χ1v) is 27.5. The van der Waals surface area contributed by atoms with Crippen LogP contribution in [0.4, 0.5) is 0 Å². The number of carbonyl (C=O) groups is 3. The lowest BCUT2D eigenvalue weighted by Gasteiger charge is -2.18. The summed E-state index contributed by atoms with van der Waals surface area (Å²) in [5.74, 6) is -0.931. The highest BCUT2D eigenvalue weighted by Crippen LogP contribution is 2.16. The SMILES string of the molecule is CC\C=C/C=C\C=C/C=C\C=C/CCCCCC(=O)OC(COC(=O)CCCCCCCCC/C=C\CCCCCC)COC(=O)CCCCCCCCCCCCCCCCCCC. The number of hydrogen-bond acceptors (Lipinski definition) is 6. The smallest absolute Gasteiger partial charge is 0.306 e. The van der Waals surface area contributed by atoms with Crippen molar-refractivity contribution in [2.75, 3.05) is 13.2 Å². The summed E-state index contributed by atoms with van der Waals surface area (Å²) in [4.78, 5) is 38.1. The summed E-state index contributed by atoms with van der Waals surface area (Å²) in [6.07, 6.45) is 67.4. The van der Waals surface area contributed by atoms with Crippen LogP contribution in [0.5, 0.6) is 0 Å². The minimum Gasteiger partial charge on any atom is -0.462 e. The van der Waals surface area contributed by atoms with Crippen LogP contribution in [0.1, 0.15) is 265 Å². The molecule has 1 unspecified atom stereocenters. The molecule has 0 saturated carbocycles. The van der Waals surface area contributed by atoms with Crippen molar-refractivity contribution < 1.29 is 28.6 Å². The first kappa shape index (κ1) is 61.9. The van der Waals surface area contributed by atoms with Crippen LogP contribution >= 0.6 is 0 Å². The molecule has 0 aliphatic rings. The molecule has 0 N–H and O–H groups in total. The molecule has 0 bridgehead atoms. The first-order chi connectivity index (χ1) is 32.0. The number of esters is 3. The van der Waals surface area contributed by atoms with Gasteiger partial charge in [-0.3, -0.25) is 14.4 Å². The van der Waals surface area contributed by atoms with Crippen LogP contribution in [-0.4, -0.2) is 37.2 Å². The van der Waals surface area contributed by atoms with Crippen molar-refractivity contribution in [3.63, 3.8) is 0 Å².